The van der Waals surface area contributed by atoms with Crippen LogP contribution in [0.4, 0.5) is 14.9 Å². The lowest BCUT2D eigenvalue weighted by Gasteiger charge is -2.37. The Morgan fingerprint density at radius 3 is 2.24 bits per heavy atom. The smallest absolute Gasteiger partial charge is 0.300 e. The summed E-state index contributed by atoms with van der Waals surface area (Å²) in [7, 11) is 0. The van der Waals surface area contributed by atoms with Crippen LogP contribution in [0, 0.1) is 24.6 Å². The number of rotatable bonds is 5. The Morgan fingerprint density at radius 2 is 1.55 bits per heavy atom. The summed E-state index contributed by atoms with van der Waals surface area (Å²) in [4.78, 5) is 62.3. The Labute approximate surface area is 243 Å². The zero-order valence-corrected chi connectivity index (χ0v) is 23.4. The van der Waals surface area contributed by atoms with Crippen molar-refractivity contribution in [1.82, 2.24) is 9.80 Å². The Morgan fingerprint density at radius 1 is 0.833 bits per heavy atom. The lowest BCUT2D eigenvalue weighted by molar-refractivity contribution is -0.147. The van der Waals surface area contributed by atoms with Gasteiger partial charge in [-0.2, -0.15) is 0 Å². The van der Waals surface area contributed by atoms with Crippen LogP contribution in [0.3, 0.4) is 0 Å². The summed E-state index contributed by atoms with van der Waals surface area (Å²) in [6.07, 6.45) is 4.46. The maximum absolute atomic E-state index is 14.9. The van der Waals surface area contributed by atoms with Gasteiger partial charge in [-0.1, -0.05) is 73.9 Å². The van der Waals surface area contributed by atoms with Gasteiger partial charge in [-0.3, -0.25) is 19.3 Å². The second-order valence-corrected chi connectivity index (χ2v) is 12.1. The molecule has 0 spiro atoms. The van der Waals surface area contributed by atoms with Gasteiger partial charge in [0.2, 0.25) is 11.8 Å². The molecule has 1 aliphatic carbocycles. The first-order chi connectivity index (χ1) is 20.3. The second-order valence-electron chi connectivity index (χ2n) is 12.1. The Bertz CT molecular complexity index is 1590. The topological polar surface area (TPSA) is 78.0 Å². The molecular weight excluding hydrogens is 533 g/mol. The number of benzene rings is 3. The number of halogens is 1. The average Bonchev–Trinajstić information content (AvgIpc) is 3.52. The largest absolute Gasteiger partial charge is 0.332 e. The highest BCUT2D eigenvalue weighted by molar-refractivity contribution is 6.27. The van der Waals surface area contributed by atoms with Crippen molar-refractivity contribution in [2.75, 3.05) is 4.90 Å². The van der Waals surface area contributed by atoms with Gasteiger partial charge in [0.05, 0.1) is 23.6 Å². The van der Waals surface area contributed by atoms with Crippen LogP contribution in [-0.2, 0) is 20.8 Å². The normalized spacial score (nSPS) is 27.7. The maximum Gasteiger partial charge on any atom is 0.332 e. The van der Waals surface area contributed by atoms with E-state index in [2.05, 4.69) is 0 Å². The Balaban J connectivity index is 1.45. The van der Waals surface area contributed by atoms with Gasteiger partial charge in [-0.25, -0.2) is 14.1 Å². The van der Waals surface area contributed by atoms with E-state index in [1.165, 1.54) is 26.8 Å². The van der Waals surface area contributed by atoms with Gasteiger partial charge in [-0.15, -0.1) is 0 Å². The van der Waals surface area contributed by atoms with Gasteiger partial charge in [0, 0.05) is 12.5 Å². The fourth-order valence-electron chi connectivity index (χ4n) is 7.89. The van der Waals surface area contributed by atoms with Gasteiger partial charge in [0.15, 0.2) is 0 Å². The van der Waals surface area contributed by atoms with E-state index in [0.717, 1.165) is 43.2 Å². The number of fused-ring (bicyclic) bond motifs is 3. The fraction of sp³-hybridized carbons (Fsp3) is 0.353. The minimum Gasteiger partial charge on any atom is -0.300 e. The number of amides is 5. The molecule has 8 heteroatoms. The molecule has 3 heterocycles. The number of hydrogen-bond donors (Lipinski definition) is 0. The zero-order chi connectivity index (χ0) is 29.2. The SMILES string of the molecule is Cc1cccc(N2C(=O)N3[C@H](c4ccc(F)cc4)[C@@H]4C(=O)N(C5CCCCC5)C(=O)[C@@H]4[C@]3(Cc3ccccc3)C2=O)c1. The van der Waals surface area contributed by atoms with E-state index in [9.17, 15) is 23.6 Å². The van der Waals surface area contributed by atoms with E-state index < -0.39 is 41.2 Å². The van der Waals surface area contributed by atoms with Gasteiger partial charge in [-0.05, 0) is 60.7 Å². The van der Waals surface area contributed by atoms with Crippen LogP contribution < -0.4 is 4.90 Å². The maximum atomic E-state index is 14.9. The molecule has 3 aromatic rings. The molecule has 0 N–H and O–H groups in total. The number of anilines is 1. The van der Waals surface area contributed by atoms with Crippen molar-refractivity contribution in [2.45, 2.75) is 63.1 Å². The van der Waals surface area contributed by atoms with E-state index in [4.69, 9.17) is 0 Å². The molecule has 4 fully saturated rings. The standard InChI is InChI=1S/C34H32FN3O4/c1-21-9-8-14-26(19-21)37-32(41)34(20-22-10-4-2-5-11-22)28-27(30(39)36(31(28)40)25-12-6-3-7-13-25)29(38(34)33(37)42)23-15-17-24(35)18-16-23/h2,4-5,8-11,14-19,25,27-29H,3,6-7,12-13,20H2,1H3/t27-,28-,29-,34-/m1/s1. The second kappa shape index (κ2) is 9.89. The third kappa shape index (κ3) is 3.77. The molecule has 4 atom stereocenters. The summed E-state index contributed by atoms with van der Waals surface area (Å²) >= 11 is 0. The number of hydrogen-bond acceptors (Lipinski definition) is 4. The van der Waals surface area contributed by atoms with Crippen molar-refractivity contribution < 1.29 is 23.6 Å². The molecular formula is C34H32FN3O4. The van der Waals surface area contributed by atoms with E-state index in [1.54, 1.807) is 30.3 Å². The Kier molecular flexibility index (Phi) is 6.26. The van der Waals surface area contributed by atoms with Gasteiger partial charge >= 0.3 is 6.03 Å². The van der Waals surface area contributed by atoms with Crippen molar-refractivity contribution in [3.63, 3.8) is 0 Å². The van der Waals surface area contributed by atoms with Crippen molar-refractivity contribution in [1.29, 1.82) is 0 Å². The molecule has 0 aromatic heterocycles. The molecule has 214 valence electrons. The van der Waals surface area contributed by atoms with Crippen LogP contribution in [0.2, 0.25) is 0 Å². The lowest BCUT2D eigenvalue weighted by atomic mass is 9.75. The van der Waals surface area contributed by atoms with Crippen LogP contribution in [0.5, 0.6) is 0 Å². The third-order valence-electron chi connectivity index (χ3n) is 9.65. The number of carbonyl (C=O) groups excluding carboxylic acids is 4. The lowest BCUT2D eigenvalue weighted by Crippen LogP contribution is -2.56. The molecule has 42 heavy (non-hydrogen) atoms. The number of likely N-dealkylation sites (tertiary alicyclic amines) is 1. The van der Waals surface area contributed by atoms with Gasteiger partial charge in [0.1, 0.15) is 11.4 Å². The van der Waals surface area contributed by atoms with E-state index >= 15 is 0 Å². The summed E-state index contributed by atoms with van der Waals surface area (Å²) < 4.78 is 14.1. The summed E-state index contributed by atoms with van der Waals surface area (Å²) in [5.74, 6) is -3.68. The molecule has 0 radical (unpaired) electrons. The molecule has 7 rings (SSSR count). The highest BCUT2D eigenvalue weighted by Crippen LogP contribution is 2.60. The molecule has 3 aliphatic heterocycles. The average molecular weight is 566 g/mol. The monoisotopic (exact) mass is 565 g/mol. The molecule has 0 bridgehead atoms. The predicted octanol–water partition coefficient (Wildman–Crippen LogP) is 5.57. The third-order valence-corrected chi connectivity index (χ3v) is 9.65. The Hall–Kier alpha value is -4.33. The molecule has 5 amide bonds. The number of imide groups is 2. The minimum absolute atomic E-state index is 0.0805. The molecule has 3 aromatic carbocycles. The predicted molar refractivity (Wildman–Crippen MR) is 154 cm³/mol. The number of urea groups is 1. The van der Waals surface area contributed by atoms with Crippen LogP contribution in [0.25, 0.3) is 0 Å². The zero-order valence-electron chi connectivity index (χ0n) is 23.4. The molecule has 1 saturated carbocycles. The van der Waals surface area contributed by atoms with Gasteiger partial charge in [0.25, 0.3) is 5.91 Å². The molecule has 3 saturated heterocycles. The number of aryl methyl sites for hydroxylation is 1. The van der Waals surface area contributed by atoms with Gasteiger partial charge < -0.3 is 4.90 Å². The van der Waals surface area contributed by atoms with Crippen LogP contribution in [0.1, 0.15) is 54.8 Å². The van der Waals surface area contributed by atoms with Crippen LogP contribution >= 0.6 is 0 Å². The summed E-state index contributed by atoms with van der Waals surface area (Å²) in [6.45, 7) is 1.88. The quantitative estimate of drug-likeness (QED) is 0.299. The number of nitrogens with zero attached hydrogens (tertiary/aromatic N) is 3. The highest BCUT2D eigenvalue weighted by Gasteiger charge is 2.77. The summed E-state index contributed by atoms with van der Waals surface area (Å²) in [6, 6.07) is 20.5. The van der Waals surface area contributed by atoms with Crippen molar-refractivity contribution in [3.8, 4) is 0 Å². The first-order valence-electron chi connectivity index (χ1n) is 14.7. The highest BCUT2D eigenvalue weighted by atomic mass is 19.1. The van der Waals surface area contributed by atoms with Crippen LogP contribution in [0.15, 0.2) is 78.9 Å². The van der Waals surface area contributed by atoms with Crippen LogP contribution in [-0.4, -0.2) is 45.1 Å². The molecule has 4 aliphatic rings. The summed E-state index contributed by atoms with van der Waals surface area (Å²) in [5.41, 5.74) is 0.982. The number of carbonyl (C=O) groups is 4. The van der Waals surface area contributed by atoms with E-state index in [0.29, 0.717) is 11.3 Å². The fourth-order valence-corrected chi connectivity index (χ4v) is 7.89. The summed E-state index contributed by atoms with van der Waals surface area (Å²) in [5, 5.41) is 0. The van der Waals surface area contributed by atoms with Crippen molar-refractivity contribution in [3.05, 3.63) is 101 Å². The minimum atomic E-state index is -1.62. The first kappa shape index (κ1) is 26.6. The molecule has 0 unspecified atom stereocenters. The first-order valence-corrected chi connectivity index (χ1v) is 14.7. The molecule has 7 nitrogen and oxygen atoms in total. The van der Waals surface area contributed by atoms with E-state index in [1.807, 2.05) is 43.3 Å². The van der Waals surface area contributed by atoms with E-state index in [-0.39, 0.29) is 24.3 Å². The van der Waals surface area contributed by atoms with Crippen molar-refractivity contribution in [2.24, 2.45) is 11.8 Å². The van der Waals surface area contributed by atoms with Crippen molar-refractivity contribution >= 4 is 29.4 Å².